The first-order valence-electron chi connectivity index (χ1n) is 7.78. The van der Waals surface area contributed by atoms with E-state index in [1.807, 2.05) is 6.08 Å². The fraction of sp³-hybridized carbons (Fsp3) is 0.368. The van der Waals surface area contributed by atoms with Gasteiger partial charge in [-0.15, -0.1) is 17.9 Å². The van der Waals surface area contributed by atoms with E-state index in [-0.39, 0.29) is 25.0 Å². The highest BCUT2D eigenvalue weighted by Crippen LogP contribution is 2.43. The third-order valence-electron chi connectivity index (χ3n) is 4.87. The van der Waals surface area contributed by atoms with E-state index in [9.17, 15) is 10.2 Å². The molecule has 0 amide bonds. The van der Waals surface area contributed by atoms with Crippen molar-refractivity contribution in [1.29, 1.82) is 0 Å². The van der Waals surface area contributed by atoms with Crippen LogP contribution in [0, 0.1) is 23.7 Å². The molecular weight excluding hydrogens is 292 g/mol. The molecule has 1 fully saturated rings. The molecule has 4 atom stereocenters. The topological polar surface area (TPSA) is 40.5 Å². The summed E-state index contributed by atoms with van der Waals surface area (Å²) in [4.78, 5) is 1.24. The molecule has 2 aromatic rings. The molecule has 0 unspecified atom stereocenters. The quantitative estimate of drug-likeness (QED) is 0.820. The van der Waals surface area contributed by atoms with Crippen molar-refractivity contribution in [1.82, 2.24) is 0 Å². The van der Waals surface area contributed by atoms with Crippen LogP contribution >= 0.6 is 11.3 Å². The molecule has 1 saturated carbocycles. The van der Waals surface area contributed by atoms with Crippen LogP contribution in [-0.4, -0.2) is 23.4 Å². The van der Waals surface area contributed by atoms with Crippen molar-refractivity contribution in [2.75, 3.05) is 13.2 Å². The van der Waals surface area contributed by atoms with Crippen molar-refractivity contribution in [3.63, 3.8) is 0 Å². The van der Waals surface area contributed by atoms with E-state index in [4.69, 9.17) is 0 Å². The van der Waals surface area contributed by atoms with Crippen LogP contribution in [0.25, 0.3) is 16.2 Å². The van der Waals surface area contributed by atoms with Crippen LogP contribution in [0.4, 0.5) is 0 Å². The standard InChI is InChI=1S/C19H22O2S/c1-2-13-9-14(18(12-21)17(13)11-20)7-8-16-10-15-5-3-4-6-19(15)22-16/h2-8,10,13-14,17-18,20-21H,1,9,11-12H2/b8-7-/t13-,14+,17+,18-/m1/s1. The summed E-state index contributed by atoms with van der Waals surface area (Å²) in [6.45, 7) is 4.12. The number of hydrogen-bond donors (Lipinski definition) is 2. The lowest BCUT2D eigenvalue weighted by Crippen LogP contribution is -2.23. The van der Waals surface area contributed by atoms with Crippen molar-refractivity contribution in [3.05, 3.63) is 53.9 Å². The van der Waals surface area contributed by atoms with Gasteiger partial charge in [0.2, 0.25) is 0 Å². The Balaban J connectivity index is 1.80. The highest BCUT2D eigenvalue weighted by atomic mass is 32.1. The summed E-state index contributed by atoms with van der Waals surface area (Å²) in [7, 11) is 0. The second-order valence-electron chi connectivity index (χ2n) is 6.04. The van der Waals surface area contributed by atoms with Gasteiger partial charge in [-0.2, -0.15) is 0 Å². The van der Waals surface area contributed by atoms with E-state index in [0.29, 0.717) is 11.8 Å². The maximum Gasteiger partial charge on any atom is 0.0468 e. The second kappa shape index (κ2) is 6.78. The summed E-state index contributed by atoms with van der Waals surface area (Å²) in [5, 5.41) is 20.5. The number of thiophene rings is 1. The lowest BCUT2D eigenvalue weighted by Gasteiger charge is -2.20. The summed E-state index contributed by atoms with van der Waals surface area (Å²) in [6, 6.07) is 10.6. The minimum Gasteiger partial charge on any atom is -0.396 e. The van der Waals surface area contributed by atoms with Gasteiger partial charge in [-0.25, -0.2) is 0 Å². The van der Waals surface area contributed by atoms with E-state index in [0.717, 1.165) is 6.42 Å². The third kappa shape index (κ3) is 2.89. The van der Waals surface area contributed by atoms with Gasteiger partial charge in [0, 0.05) is 22.8 Å². The molecule has 0 saturated heterocycles. The number of aliphatic hydroxyl groups excluding tert-OH is 2. The maximum atomic E-state index is 9.69. The van der Waals surface area contributed by atoms with E-state index in [1.165, 1.54) is 15.0 Å². The highest BCUT2D eigenvalue weighted by molar-refractivity contribution is 7.19. The van der Waals surface area contributed by atoms with Crippen molar-refractivity contribution >= 4 is 27.5 Å². The van der Waals surface area contributed by atoms with Gasteiger partial charge in [0.1, 0.15) is 0 Å². The second-order valence-corrected chi connectivity index (χ2v) is 7.15. The molecule has 1 aromatic heterocycles. The third-order valence-corrected chi connectivity index (χ3v) is 5.95. The smallest absolute Gasteiger partial charge is 0.0468 e. The molecule has 3 rings (SSSR count). The van der Waals surface area contributed by atoms with Gasteiger partial charge in [0.15, 0.2) is 0 Å². The molecule has 1 aliphatic rings. The van der Waals surface area contributed by atoms with Crippen LogP contribution in [-0.2, 0) is 0 Å². The normalized spacial score (nSPS) is 28.6. The fourth-order valence-electron chi connectivity index (χ4n) is 3.64. The van der Waals surface area contributed by atoms with Crippen LogP contribution in [0.1, 0.15) is 11.3 Å². The van der Waals surface area contributed by atoms with E-state index < -0.39 is 0 Å². The predicted octanol–water partition coefficient (Wildman–Crippen LogP) is 3.95. The van der Waals surface area contributed by atoms with Crippen molar-refractivity contribution < 1.29 is 10.2 Å². The molecule has 1 aliphatic carbocycles. The average molecular weight is 314 g/mol. The maximum absolute atomic E-state index is 9.69. The molecule has 2 nitrogen and oxygen atoms in total. The SMILES string of the molecule is C=C[C@@H]1C[C@H](/C=C\c2cc3ccccc3s2)[C@@H](CO)[C@H]1CO. The Morgan fingerprint density at radius 3 is 2.55 bits per heavy atom. The Hall–Kier alpha value is -1.42. The number of benzene rings is 1. The zero-order valence-corrected chi connectivity index (χ0v) is 13.4. The first kappa shape index (κ1) is 15.5. The summed E-state index contributed by atoms with van der Waals surface area (Å²) in [6.07, 6.45) is 7.26. The van der Waals surface area contributed by atoms with Crippen LogP contribution in [0.5, 0.6) is 0 Å². The Morgan fingerprint density at radius 2 is 1.86 bits per heavy atom. The lowest BCUT2D eigenvalue weighted by molar-refractivity contribution is 0.118. The highest BCUT2D eigenvalue weighted by Gasteiger charge is 2.39. The van der Waals surface area contributed by atoms with E-state index in [2.05, 4.69) is 49.1 Å². The van der Waals surface area contributed by atoms with Gasteiger partial charge < -0.3 is 10.2 Å². The first-order valence-corrected chi connectivity index (χ1v) is 8.59. The Kier molecular flexibility index (Phi) is 4.77. The molecule has 116 valence electrons. The van der Waals surface area contributed by atoms with Gasteiger partial charge in [-0.1, -0.05) is 30.4 Å². The summed E-state index contributed by atoms with van der Waals surface area (Å²) >= 11 is 1.78. The number of aliphatic hydroxyl groups is 2. The summed E-state index contributed by atoms with van der Waals surface area (Å²) in [5.74, 6) is 0.841. The molecule has 0 spiro atoms. The zero-order valence-electron chi connectivity index (χ0n) is 12.6. The Bertz CT molecular complexity index is 640. The monoisotopic (exact) mass is 314 g/mol. The van der Waals surface area contributed by atoms with Crippen LogP contribution in [0.3, 0.4) is 0 Å². The van der Waals surface area contributed by atoms with Gasteiger partial charge in [0.25, 0.3) is 0 Å². The fourth-order valence-corrected chi connectivity index (χ4v) is 4.61. The average Bonchev–Trinajstić information content (AvgIpc) is 3.12. The van der Waals surface area contributed by atoms with Crippen LogP contribution in [0.15, 0.2) is 49.1 Å². The van der Waals surface area contributed by atoms with Gasteiger partial charge in [-0.3, -0.25) is 0 Å². The number of hydrogen-bond acceptors (Lipinski definition) is 3. The number of rotatable bonds is 5. The van der Waals surface area contributed by atoms with E-state index in [1.54, 1.807) is 11.3 Å². The largest absolute Gasteiger partial charge is 0.396 e. The van der Waals surface area contributed by atoms with Gasteiger partial charge in [0.05, 0.1) is 0 Å². The Labute approximate surface area is 135 Å². The Morgan fingerprint density at radius 1 is 1.14 bits per heavy atom. The summed E-state index contributed by atoms with van der Waals surface area (Å²) in [5.41, 5.74) is 0. The molecule has 0 aliphatic heterocycles. The minimum atomic E-state index is 0.120. The van der Waals surface area contributed by atoms with Crippen molar-refractivity contribution in [3.8, 4) is 0 Å². The van der Waals surface area contributed by atoms with Gasteiger partial charge in [-0.05, 0) is 53.7 Å². The molecule has 1 heterocycles. The molecule has 0 bridgehead atoms. The van der Waals surface area contributed by atoms with Crippen molar-refractivity contribution in [2.24, 2.45) is 23.7 Å². The molecule has 1 aromatic carbocycles. The molecule has 2 N–H and O–H groups in total. The zero-order chi connectivity index (χ0) is 15.5. The molecule has 22 heavy (non-hydrogen) atoms. The molecule has 0 radical (unpaired) electrons. The minimum absolute atomic E-state index is 0.120. The van der Waals surface area contributed by atoms with Crippen LogP contribution < -0.4 is 0 Å². The number of fused-ring (bicyclic) bond motifs is 1. The predicted molar refractivity (Wildman–Crippen MR) is 93.8 cm³/mol. The van der Waals surface area contributed by atoms with Crippen molar-refractivity contribution in [2.45, 2.75) is 6.42 Å². The van der Waals surface area contributed by atoms with Crippen LogP contribution in [0.2, 0.25) is 0 Å². The number of allylic oxidation sites excluding steroid dienone is 2. The summed E-state index contributed by atoms with van der Waals surface area (Å²) < 4.78 is 1.30. The molecular formula is C19H22O2S. The first-order chi connectivity index (χ1) is 10.8. The molecule has 3 heteroatoms. The van der Waals surface area contributed by atoms with E-state index >= 15 is 0 Å². The van der Waals surface area contributed by atoms with Gasteiger partial charge >= 0.3 is 0 Å². The lowest BCUT2D eigenvalue weighted by atomic mass is 9.88.